The maximum atomic E-state index is 4.69. The van der Waals surface area contributed by atoms with Gasteiger partial charge in [-0.1, -0.05) is 25.7 Å². The van der Waals surface area contributed by atoms with Crippen LogP contribution in [-0.2, 0) is 0 Å². The first-order chi connectivity index (χ1) is 8.83. The van der Waals surface area contributed by atoms with E-state index in [1.54, 1.807) is 0 Å². The van der Waals surface area contributed by atoms with Gasteiger partial charge in [0.25, 0.3) is 0 Å². The molecule has 1 aliphatic heterocycles. The zero-order valence-electron chi connectivity index (χ0n) is 11.7. The Morgan fingerprint density at radius 1 is 0.944 bits per heavy atom. The van der Waals surface area contributed by atoms with E-state index in [1.165, 1.54) is 77.3 Å². The summed E-state index contributed by atoms with van der Waals surface area (Å²) >= 11 is 4.69. The lowest BCUT2D eigenvalue weighted by Gasteiger charge is -2.37. The number of hydrogen-bond acceptors (Lipinski definition) is 2. The molecule has 2 saturated carbocycles. The Labute approximate surface area is 118 Å². The van der Waals surface area contributed by atoms with Crippen LogP contribution >= 0.6 is 12.6 Å². The first-order valence-electron chi connectivity index (χ1n) is 8.18. The minimum absolute atomic E-state index is 0.574. The van der Waals surface area contributed by atoms with E-state index in [0.717, 1.165) is 17.7 Å². The Hall–Kier alpha value is 0.310. The fourth-order valence-electron chi connectivity index (χ4n) is 4.85. The largest absolute Gasteiger partial charge is 0.300 e. The van der Waals surface area contributed by atoms with Crippen LogP contribution in [0, 0.1) is 11.3 Å². The fraction of sp³-hybridized carbons (Fsp3) is 1.00. The molecule has 0 radical (unpaired) electrons. The molecule has 1 heterocycles. The highest BCUT2D eigenvalue weighted by Gasteiger charge is 2.39. The van der Waals surface area contributed by atoms with Crippen molar-refractivity contribution in [2.75, 3.05) is 18.8 Å². The molecule has 18 heavy (non-hydrogen) atoms. The summed E-state index contributed by atoms with van der Waals surface area (Å²) in [4.78, 5) is 2.87. The van der Waals surface area contributed by atoms with Crippen LogP contribution in [-0.4, -0.2) is 29.8 Å². The molecule has 1 saturated heterocycles. The van der Waals surface area contributed by atoms with E-state index in [4.69, 9.17) is 0 Å². The van der Waals surface area contributed by atoms with Crippen molar-refractivity contribution < 1.29 is 0 Å². The standard InChI is InChI=1S/C16H29NS/c18-13-16(9-3-4-10-16)12-17-11-5-8-15(17)14-6-1-2-7-14/h14-15,18H,1-13H2. The number of rotatable bonds is 4. The lowest BCUT2D eigenvalue weighted by Crippen LogP contribution is -2.42. The van der Waals surface area contributed by atoms with Crippen LogP contribution in [0.15, 0.2) is 0 Å². The number of hydrogen-bond donors (Lipinski definition) is 1. The van der Waals surface area contributed by atoms with Crippen molar-refractivity contribution in [2.24, 2.45) is 11.3 Å². The molecule has 3 fully saturated rings. The predicted octanol–water partition coefficient (Wildman–Crippen LogP) is 4.13. The second-order valence-electron chi connectivity index (χ2n) is 7.09. The molecular weight excluding hydrogens is 238 g/mol. The lowest BCUT2D eigenvalue weighted by atomic mass is 9.86. The highest BCUT2D eigenvalue weighted by Crippen LogP contribution is 2.43. The molecule has 1 nitrogen and oxygen atoms in total. The van der Waals surface area contributed by atoms with Crippen molar-refractivity contribution in [1.82, 2.24) is 4.90 Å². The Balaban J connectivity index is 1.63. The third-order valence-electron chi connectivity index (χ3n) is 5.90. The number of thiol groups is 1. The van der Waals surface area contributed by atoms with E-state index in [9.17, 15) is 0 Å². The van der Waals surface area contributed by atoms with Crippen molar-refractivity contribution in [3.05, 3.63) is 0 Å². The van der Waals surface area contributed by atoms with E-state index < -0.39 is 0 Å². The van der Waals surface area contributed by atoms with Crippen molar-refractivity contribution in [2.45, 2.75) is 70.3 Å². The third-order valence-corrected chi connectivity index (χ3v) is 6.57. The third kappa shape index (κ3) is 2.60. The molecule has 1 unspecified atom stereocenters. The van der Waals surface area contributed by atoms with Crippen LogP contribution in [0.25, 0.3) is 0 Å². The average Bonchev–Trinajstić information content (AvgIpc) is 3.10. The summed E-state index contributed by atoms with van der Waals surface area (Å²) in [6.45, 7) is 2.73. The van der Waals surface area contributed by atoms with Gasteiger partial charge in [0.2, 0.25) is 0 Å². The van der Waals surface area contributed by atoms with Gasteiger partial charge in [-0.3, -0.25) is 4.90 Å². The number of nitrogens with zero attached hydrogens (tertiary/aromatic N) is 1. The van der Waals surface area contributed by atoms with Gasteiger partial charge in [0.05, 0.1) is 0 Å². The van der Waals surface area contributed by atoms with Gasteiger partial charge < -0.3 is 0 Å². The van der Waals surface area contributed by atoms with Crippen molar-refractivity contribution in [3.63, 3.8) is 0 Å². The molecule has 2 heteroatoms. The second kappa shape index (κ2) is 5.75. The molecule has 0 N–H and O–H groups in total. The summed E-state index contributed by atoms with van der Waals surface area (Å²) in [5.41, 5.74) is 0.574. The molecular formula is C16H29NS. The predicted molar refractivity (Wildman–Crippen MR) is 81.3 cm³/mol. The molecule has 3 rings (SSSR count). The molecule has 104 valence electrons. The zero-order valence-corrected chi connectivity index (χ0v) is 12.6. The minimum Gasteiger partial charge on any atom is -0.300 e. The molecule has 0 aromatic heterocycles. The van der Waals surface area contributed by atoms with Gasteiger partial charge in [-0.2, -0.15) is 12.6 Å². The van der Waals surface area contributed by atoms with Gasteiger partial charge in [0.15, 0.2) is 0 Å². The first-order valence-corrected chi connectivity index (χ1v) is 8.81. The van der Waals surface area contributed by atoms with Gasteiger partial charge >= 0.3 is 0 Å². The summed E-state index contributed by atoms with van der Waals surface area (Å²) < 4.78 is 0. The van der Waals surface area contributed by atoms with Gasteiger partial charge in [-0.05, 0) is 62.2 Å². The molecule has 0 bridgehead atoms. The smallest absolute Gasteiger partial charge is 0.0124 e. The van der Waals surface area contributed by atoms with Crippen molar-refractivity contribution in [1.29, 1.82) is 0 Å². The quantitative estimate of drug-likeness (QED) is 0.750. The highest BCUT2D eigenvalue weighted by molar-refractivity contribution is 7.80. The molecule has 0 aromatic carbocycles. The van der Waals surface area contributed by atoms with Crippen LogP contribution in [0.2, 0.25) is 0 Å². The molecule has 0 aromatic rings. The van der Waals surface area contributed by atoms with Gasteiger partial charge in [0.1, 0.15) is 0 Å². The van der Waals surface area contributed by atoms with Gasteiger partial charge in [0, 0.05) is 12.6 Å². The number of likely N-dealkylation sites (tertiary alicyclic amines) is 1. The fourth-order valence-corrected chi connectivity index (χ4v) is 5.26. The van der Waals surface area contributed by atoms with Crippen LogP contribution < -0.4 is 0 Å². The van der Waals surface area contributed by atoms with Crippen LogP contribution in [0.4, 0.5) is 0 Å². The minimum atomic E-state index is 0.574. The molecule has 2 aliphatic carbocycles. The highest BCUT2D eigenvalue weighted by atomic mass is 32.1. The SMILES string of the molecule is SCC1(CN2CCCC2C2CCCC2)CCCC1. The average molecular weight is 267 g/mol. The van der Waals surface area contributed by atoms with E-state index >= 15 is 0 Å². The van der Waals surface area contributed by atoms with Crippen LogP contribution in [0.1, 0.15) is 64.2 Å². The summed E-state index contributed by atoms with van der Waals surface area (Å²) in [5.74, 6) is 2.15. The van der Waals surface area contributed by atoms with Crippen molar-refractivity contribution in [3.8, 4) is 0 Å². The molecule has 0 spiro atoms. The van der Waals surface area contributed by atoms with E-state index in [-0.39, 0.29) is 0 Å². The summed E-state index contributed by atoms with van der Waals surface area (Å²) in [5, 5.41) is 0. The summed E-state index contributed by atoms with van der Waals surface area (Å²) in [6.07, 6.45) is 14.7. The van der Waals surface area contributed by atoms with Gasteiger partial charge in [-0.25, -0.2) is 0 Å². The first kappa shape index (κ1) is 13.3. The maximum absolute atomic E-state index is 4.69. The Bertz CT molecular complexity index is 266. The monoisotopic (exact) mass is 267 g/mol. The molecule has 0 amide bonds. The normalized spacial score (nSPS) is 33.5. The molecule has 1 atom stereocenters. The molecule has 3 aliphatic rings. The van der Waals surface area contributed by atoms with E-state index in [0.29, 0.717) is 5.41 Å². The lowest BCUT2D eigenvalue weighted by molar-refractivity contribution is 0.126. The Morgan fingerprint density at radius 2 is 1.67 bits per heavy atom. The van der Waals surface area contributed by atoms with E-state index in [2.05, 4.69) is 17.5 Å². The van der Waals surface area contributed by atoms with Gasteiger partial charge in [-0.15, -0.1) is 0 Å². The Kier molecular flexibility index (Phi) is 4.25. The Morgan fingerprint density at radius 3 is 2.33 bits per heavy atom. The summed E-state index contributed by atoms with van der Waals surface area (Å²) in [7, 11) is 0. The van der Waals surface area contributed by atoms with Crippen LogP contribution in [0.5, 0.6) is 0 Å². The maximum Gasteiger partial charge on any atom is 0.0124 e. The summed E-state index contributed by atoms with van der Waals surface area (Å²) in [6, 6.07) is 0.935. The van der Waals surface area contributed by atoms with Crippen LogP contribution in [0.3, 0.4) is 0 Å². The van der Waals surface area contributed by atoms with Crippen molar-refractivity contribution >= 4 is 12.6 Å². The van der Waals surface area contributed by atoms with E-state index in [1.807, 2.05) is 0 Å². The topological polar surface area (TPSA) is 3.24 Å². The second-order valence-corrected chi connectivity index (χ2v) is 7.41. The zero-order chi connectivity index (χ0) is 12.4.